The highest BCUT2D eigenvalue weighted by atomic mass is 15.1. The topological polar surface area (TPSA) is 28.2 Å². The number of hydrogen-bond acceptors (Lipinski definition) is 3. The van der Waals surface area contributed by atoms with Gasteiger partial charge in [-0.05, 0) is 42.8 Å². The number of anilines is 1. The van der Waals surface area contributed by atoms with E-state index in [1.54, 1.807) is 6.20 Å². The minimum atomic E-state index is 0.875. The second-order valence-corrected chi connectivity index (χ2v) is 4.87. The number of hydrogen-bond donors (Lipinski definition) is 1. The van der Waals surface area contributed by atoms with Gasteiger partial charge in [0.15, 0.2) is 0 Å². The van der Waals surface area contributed by atoms with Crippen LogP contribution in [0.4, 0.5) is 5.69 Å². The molecule has 1 heterocycles. The predicted octanol–water partition coefficient (Wildman–Crippen LogP) is 2.75. The van der Waals surface area contributed by atoms with E-state index in [4.69, 9.17) is 0 Å². The Morgan fingerprint density at radius 1 is 1.21 bits per heavy atom. The maximum Gasteiger partial charge on any atom is 0.0441 e. The Balaban J connectivity index is 2.13. The molecule has 0 radical (unpaired) electrons. The molecule has 0 saturated carbocycles. The normalized spacial score (nSPS) is 10.5. The lowest BCUT2D eigenvalue weighted by atomic mass is 10.1. The van der Waals surface area contributed by atoms with Gasteiger partial charge < -0.3 is 10.2 Å². The highest BCUT2D eigenvalue weighted by Crippen LogP contribution is 2.21. The van der Waals surface area contributed by atoms with E-state index in [0.29, 0.717) is 0 Å². The summed E-state index contributed by atoms with van der Waals surface area (Å²) < 4.78 is 0. The Morgan fingerprint density at radius 3 is 2.68 bits per heavy atom. The number of pyridine rings is 1. The third kappa shape index (κ3) is 3.55. The Bertz CT molecular complexity index is 523. The molecule has 100 valence electrons. The summed E-state index contributed by atoms with van der Waals surface area (Å²) >= 11 is 0. The summed E-state index contributed by atoms with van der Waals surface area (Å²) in [5, 5.41) is 3.18. The molecular weight excluding hydrogens is 234 g/mol. The van der Waals surface area contributed by atoms with E-state index < -0.39 is 0 Å². The van der Waals surface area contributed by atoms with Crippen LogP contribution in [-0.2, 0) is 13.1 Å². The van der Waals surface area contributed by atoms with E-state index >= 15 is 0 Å². The van der Waals surface area contributed by atoms with Crippen molar-refractivity contribution in [3.05, 3.63) is 59.4 Å². The van der Waals surface area contributed by atoms with E-state index in [1.807, 2.05) is 19.3 Å². The smallest absolute Gasteiger partial charge is 0.0441 e. The molecule has 0 saturated heterocycles. The highest BCUT2D eigenvalue weighted by molar-refractivity contribution is 5.54. The molecule has 0 aliphatic rings. The summed E-state index contributed by atoms with van der Waals surface area (Å²) in [6, 6.07) is 10.7. The zero-order valence-corrected chi connectivity index (χ0v) is 11.9. The molecule has 0 bridgehead atoms. The number of aryl methyl sites for hydroxylation is 1. The van der Waals surface area contributed by atoms with Gasteiger partial charge in [-0.15, -0.1) is 0 Å². The van der Waals surface area contributed by atoms with Crippen LogP contribution in [-0.4, -0.2) is 19.1 Å². The first kappa shape index (κ1) is 13.6. The van der Waals surface area contributed by atoms with Crippen LogP contribution in [0.25, 0.3) is 0 Å². The van der Waals surface area contributed by atoms with Crippen molar-refractivity contribution >= 4 is 5.69 Å². The fourth-order valence-electron chi connectivity index (χ4n) is 2.31. The fraction of sp³-hybridized carbons (Fsp3) is 0.312. The van der Waals surface area contributed by atoms with Crippen molar-refractivity contribution in [1.82, 2.24) is 10.3 Å². The lowest BCUT2D eigenvalue weighted by molar-refractivity contribution is 0.815. The standard InChI is InChI=1S/C16H21N3/c1-13-9-14(10-17-2)6-7-16(13)19(3)12-15-5-4-8-18-11-15/h4-9,11,17H,10,12H2,1-3H3. The van der Waals surface area contributed by atoms with Crippen LogP contribution in [0.1, 0.15) is 16.7 Å². The Morgan fingerprint density at radius 2 is 2.05 bits per heavy atom. The van der Waals surface area contributed by atoms with Gasteiger partial charge in [0.25, 0.3) is 0 Å². The molecule has 0 atom stereocenters. The molecule has 3 nitrogen and oxygen atoms in total. The van der Waals surface area contributed by atoms with Crippen LogP contribution in [0.3, 0.4) is 0 Å². The molecule has 1 aromatic heterocycles. The van der Waals surface area contributed by atoms with Gasteiger partial charge in [0.05, 0.1) is 0 Å². The third-order valence-corrected chi connectivity index (χ3v) is 3.20. The minimum absolute atomic E-state index is 0.875. The first-order valence-corrected chi connectivity index (χ1v) is 6.55. The first-order valence-electron chi connectivity index (χ1n) is 6.55. The molecule has 1 N–H and O–H groups in total. The number of rotatable bonds is 5. The number of benzene rings is 1. The van der Waals surface area contributed by atoms with Gasteiger partial charge >= 0.3 is 0 Å². The number of nitrogens with one attached hydrogen (secondary N) is 1. The van der Waals surface area contributed by atoms with Crippen LogP contribution >= 0.6 is 0 Å². The van der Waals surface area contributed by atoms with Gasteiger partial charge in [-0.3, -0.25) is 4.98 Å². The van der Waals surface area contributed by atoms with E-state index in [9.17, 15) is 0 Å². The second kappa shape index (κ2) is 6.34. The van der Waals surface area contributed by atoms with Crippen LogP contribution in [0.2, 0.25) is 0 Å². The van der Waals surface area contributed by atoms with Crippen LogP contribution in [0, 0.1) is 6.92 Å². The Hall–Kier alpha value is -1.87. The molecule has 0 aliphatic heterocycles. The van der Waals surface area contributed by atoms with E-state index in [1.165, 1.54) is 22.4 Å². The second-order valence-electron chi connectivity index (χ2n) is 4.87. The average molecular weight is 255 g/mol. The van der Waals surface area contributed by atoms with Gasteiger partial charge in [-0.1, -0.05) is 18.2 Å². The maximum atomic E-state index is 4.16. The zero-order chi connectivity index (χ0) is 13.7. The summed E-state index contributed by atoms with van der Waals surface area (Å²) in [6.07, 6.45) is 3.72. The SMILES string of the molecule is CNCc1ccc(N(C)Cc2cccnc2)c(C)c1. The lowest BCUT2D eigenvalue weighted by Gasteiger charge is -2.22. The van der Waals surface area contributed by atoms with E-state index in [-0.39, 0.29) is 0 Å². The van der Waals surface area contributed by atoms with Crippen molar-refractivity contribution in [2.24, 2.45) is 0 Å². The summed E-state index contributed by atoms with van der Waals surface area (Å²) in [7, 11) is 4.09. The molecule has 19 heavy (non-hydrogen) atoms. The number of aromatic nitrogens is 1. The molecule has 0 aliphatic carbocycles. The first-order chi connectivity index (χ1) is 9.20. The van der Waals surface area contributed by atoms with Gasteiger partial charge in [-0.2, -0.15) is 0 Å². The number of nitrogens with zero attached hydrogens (tertiary/aromatic N) is 2. The van der Waals surface area contributed by atoms with Gasteiger partial charge in [0, 0.05) is 38.2 Å². The quantitative estimate of drug-likeness (QED) is 0.890. The monoisotopic (exact) mass is 255 g/mol. The average Bonchev–Trinajstić information content (AvgIpc) is 2.40. The molecular formula is C16H21N3. The Kier molecular flexibility index (Phi) is 4.53. The van der Waals surface area contributed by atoms with E-state index in [2.05, 4.69) is 53.4 Å². The van der Waals surface area contributed by atoms with Crippen molar-refractivity contribution in [1.29, 1.82) is 0 Å². The molecule has 0 amide bonds. The molecule has 0 fully saturated rings. The Labute approximate surface area is 115 Å². The summed E-state index contributed by atoms with van der Waals surface area (Å²) in [5.74, 6) is 0. The summed E-state index contributed by atoms with van der Waals surface area (Å²) in [5.41, 5.74) is 5.12. The summed E-state index contributed by atoms with van der Waals surface area (Å²) in [6.45, 7) is 3.95. The van der Waals surface area contributed by atoms with Crippen molar-refractivity contribution < 1.29 is 0 Å². The molecule has 0 spiro atoms. The van der Waals surface area contributed by atoms with Crippen LogP contribution < -0.4 is 10.2 Å². The van der Waals surface area contributed by atoms with Crippen LogP contribution in [0.5, 0.6) is 0 Å². The molecule has 3 heteroatoms. The van der Waals surface area contributed by atoms with Crippen molar-refractivity contribution in [2.45, 2.75) is 20.0 Å². The third-order valence-electron chi connectivity index (χ3n) is 3.20. The largest absolute Gasteiger partial charge is 0.370 e. The van der Waals surface area contributed by atoms with Crippen LogP contribution in [0.15, 0.2) is 42.7 Å². The summed E-state index contributed by atoms with van der Waals surface area (Å²) in [4.78, 5) is 6.42. The van der Waals surface area contributed by atoms with Gasteiger partial charge in [0.2, 0.25) is 0 Å². The minimum Gasteiger partial charge on any atom is -0.370 e. The van der Waals surface area contributed by atoms with Crippen molar-refractivity contribution in [3.8, 4) is 0 Å². The van der Waals surface area contributed by atoms with Crippen molar-refractivity contribution in [3.63, 3.8) is 0 Å². The van der Waals surface area contributed by atoms with Gasteiger partial charge in [0.1, 0.15) is 0 Å². The van der Waals surface area contributed by atoms with Crippen molar-refractivity contribution in [2.75, 3.05) is 19.0 Å². The molecule has 2 aromatic rings. The molecule has 1 aromatic carbocycles. The molecule has 0 unspecified atom stereocenters. The zero-order valence-electron chi connectivity index (χ0n) is 11.9. The van der Waals surface area contributed by atoms with Gasteiger partial charge in [-0.25, -0.2) is 0 Å². The molecule has 2 rings (SSSR count). The maximum absolute atomic E-state index is 4.16. The lowest BCUT2D eigenvalue weighted by Crippen LogP contribution is -2.17. The van der Waals surface area contributed by atoms with E-state index in [0.717, 1.165) is 13.1 Å². The highest BCUT2D eigenvalue weighted by Gasteiger charge is 2.06. The fourth-order valence-corrected chi connectivity index (χ4v) is 2.31. The predicted molar refractivity (Wildman–Crippen MR) is 80.3 cm³/mol.